The van der Waals surface area contributed by atoms with E-state index in [9.17, 15) is 0 Å². The van der Waals surface area contributed by atoms with Crippen LogP contribution in [0.3, 0.4) is 0 Å². The third-order valence-electron chi connectivity index (χ3n) is 2.65. The molecule has 60 valence electrons. The zero-order chi connectivity index (χ0) is 7.56. The standard InChI is InChI=1S/C9H19N/c1-7(2)5-8-3-4-9(8)6-10/h7-9H,3-6,10H2,1-2H3. The minimum Gasteiger partial charge on any atom is -0.330 e. The SMILES string of the molecule is CC(C)CC1CCC1CN. The van der Waals surface area contributed by atoms with Crippen molar-refractivity contribution in [2.45, 2.75) is 33.1 Å². The molecule has 0 bridgehead atoms. The van der Waals surface area contributed by atoms with E-state index in [4.69, 9.17) is 5.73 Å². The van der Waals surface area contributed by atoms with Gasteiger partial charge >= 0.3 is 0 Å². The normalized spacial score (nSPS) is 32.4. The molecule has 1 nitrogen and oxygen atoms in total. The Bertz CT molecular complexity index is 96.9. The van der Waals surface area contributed by atoms with Crippen LogP contribution in [0.15, 0.2) is 0 Å². The highest BCUT2D eigenvalue weighted by molar-refractivity contribution is 4.81. The van der Waals surface area contributed by atoms with Crippen molar-refractivity contribution in [3.63, 3.8) is 0 Å². The van der Waals surface area contributed by atoms with Crippen molar-refractivity contribution in [3.8, 4) is 0 Å². The fraction of sp³-hybridized carbons (Fsp3) is 1.00. The van der Waals surface area contributed by atoms with Gasteiger partial charge in [-0.1, -0.05) is 13.8 Å². The number of hydrogen-bond donors (Lipinski definition) is 1. The van der Waals surface area contributed by atoms with E-state index < -0.39 is 0 Å². The lowest BCUT2D eigenvalue weighted by atomic mass is 9.70. The van der Waals surface area contributed by atoms with Crippen LogP contribution in [-0.2, 0) is 0 Å². The largest absolute Gasteiger partial charge is 0.330 e. The zero-order valence-corrected chi connectivity index (χ0v) is 7.14. The first-order valence-electron chi connectivity index (χ1n) is 4.44. The number of hydrogen-bond acceptors (Lipinski definition) is 1. The van der Waals surface area contributed by atoms with Crippen LogP contribution in [0.1, 0.15) is 33.1 Å². The van der Waals surface area contributed by atoms with Gasteiger partial charge in [-0.25, -0.2) is 0 Å². The summed E-state index contributed by atoms with van der Waals surface area (Å²) in [6.07, 6.45) is 4.20. The Morgan fingerprint density at radius 3 is 2.20 bits per heavy atom. The number of nitrogens with two attached hydrogens (primary N) is 1. The van der Waals surface area contributed by atoms with E-state index in [1.165, 1.54) is 19.3 Å². The van der Waals surface area contributed by atoms with E-state index in [-0.39, 0.29) is 0 Å². The Balaban J connectivity index is 2.16. The lowest BCUT2D eigenvalue weighted by molar-refractivity contribution is 0.154. The number of rotatable bonds is 3. The Morgan fingerprint density at radius 2 is 1.90 bits per heavy atom. The van der Waals surface area contributed by atoms with Crippen molar-refractivity contribution in [2.75, 3.05) is 6.54 Å². The molecular weight excluding hydrogens is 122 g/mol. The van der Waals surface area contributed by atoms with Gasteiger partial charge in [-0.2, -0.15) is 0 Å². The van der Waals surface area contributed by atoms with Crippen molar-refractivity contribution >= 4 is 0 Å². The van der Waals surface area contributed by atoms with Crippen LogP contribution in [0.2, 0.25) is 0 Å². The molecule has 0 spiro atoms. The third-order valence-corrected chi connectivity index (χ3v) is 2.65. The monoisotopic (exact) mass is 141 g/mol. The molecule has 1 rings (SSSR count). The van der Waals surface area contributed by atoms with E-state index in [2.05, 4.69) is 13.8 Å². The van der Waals surface area contributed by atoms with Crippen LogP contribution in [0, 0.1) is 17.8 Å². The van der Waals surface area contributed by atoms with E-state index in [0.29, 0.717) is 0 Å². The first kappa shape index (κ1) is 8.06. The third kappa shape index (κ3) is 1.72. The van der Waals surface area contributed by atoms with Gasteiger partial charge in [0.25, 0.3) is 0 Å². The molecule has 0 aromatic carbocycles. The van der Waals surface area contributed by atoms with Crippen LogP contribution < -0.4 is 5.73 Å². The fourth-order valence-electron chi connectivity index (χ4n) is 1.86. The molecule has 0 saturated heterocycles. The summed E-state index contributed by atoms with van der Waals surface area (Å²) >= 11 is 0. The maximum Gasteiger partial charge on any atom is -0.00462 e. The van der Waals surface area contributed by atoms with Crippen LogP contribution in [-0.4, -0.2) is 6.54 Å². The fourth-order valence-corrected chi connectivity index (χ4v) is 1.86. The van der Waals surface area contributed by atoms with Gasteiger partial charge in [-0.3, -0.25) is 0 Å². The Kier molecular flexibility index (Phi) is 2.72. The minimum atomic E-state index is 0.861. The van der Waals surface area contributed by atoms with Crippen LogP contribution in [0.5, 0.6) is 0 Å². The van der Waals surface area contributed by atoms with Gasteiger partial charge in [0, 0.05) is 0 Å². The Hall–Kier alpha value is -0.0400. The lowest BCUT2D eigenvalue weighted by Crippen LogP contribution is -2.33. The Labute approximate surface area is 64.0 Å². The van der Waals surface area contributed by atoms with E-state index in [1.807, 2.05) is 0 Å². The summed E-state index contributed by atoms with van der Waals surface area (Å²) in [5.74, 6) is 2.69. The molecule has 2 atom stereocenters. The summed E-state index contributed by atoms with van der Waals surface area (Å²) in [6.45, 7) is 5.51. The molecule has 0 heterocycles. The van der Waals surface area contributed by atoms with E-state index in [1.54, 1.807) is 0 Å². The first-order valence-corrected chi connectivity index (χ1v) is 4.44. The molecule has 0 radical (unpaired) electrons. The topological polar surface area (TPSA) is 26.0 Å². The van der Waals surface area contributed by atoms with Gasteiger partial charge in [0.05, 0.1) is 0 Å². The predicted molar refractivity (Wildman–Crippen MR) is 44.7 cm³/mol. The van der Waals surface area contributed by atoms with Crippen molar-refractivity contribution in [1.82, 2.24) is 0 Å². The smallest absolute Gasteiger partial charge is 0.00462 e. The van der Waals surface area contributed by atoms with Crippen molar-refractivity contribution in [2.24, 2.45) is 23.5 Å². The average molecular weight is 141 g/mol. The summed E-state index contributed by atoms with van der Waals surface area (Å²) in [5, 5.41) is 0. The van der Waals surface area contributed by atoms with Gasteiger partial charge in [-0.15, -0.1) is 0 Å². The molecule has 0 amide bonds. The minimum absolute atomic E-state index is 0.861. The molecule has 0 aromatic heterocycles. The second-order valence-electron chi connectivity index (χ2n) is 3.96. The van der Waals surface area contributed by atoms with E-state index >= 15 is 0 Å². The predicted octanol–water partition coefficient (Wildman–Crippen LogP) is 2.02. The Morgan fingerprint density at radius 1 is 1.30 bits per heavy atom. The van der Waals surface area contributed by atoms with Crippen molar-refractivity contribution in [1.29, 1.82) is 0 Å². The highest BCUT2D eigenvalue weighted by atomic mass is 14.6. The van der Waals surface area contributed by atoms with Crippen LogP contribution in [0.4, 0.5) is 0 Å². The molecule has 1 heteroatoms. The van der Waals surface area contributed by atoms with E-state index in [0.717, 1.165) is 24.3 Å². The summed E-state index contributed by atoms with van der Waals surface area (Å²) in [5.41, 5.74) is 5.60. The quantitative estimate of drug-likeness (QED) is 0.639. The molecule has 1 fully saturated rings. The first-order chi connectivity index (χ1) is 4.74. The molecule has 10 heavy (non-hydrogen) atoms. The maximum atomic E-state index is 5.60. The molecule has 1 saturated carbocycles. The second-order valence-corrected chi connectivity index (χ2v) is 3.96. The van der Waals surface area contributed by atoms with Crippen LogP contribution >= 0.6 is 0 Å². The van der Waals surface area contributed by atoms with Gasteiger partial charge in [0.1, 0.15) is 0 Å². The van der Waals surface area contributed by atoms with Gasteiger partial charge in [0.2, 0.25) is 0 Å². The second kappa shape index (κ2) is 3.38. The van der Waals surface area contributed by atoms with Gasteiger partial charge < -0.3 is 5.73 Å². The van der Waals surface area contributed by atoms with Gasteiger partial charge in [-0.05, 0) is 43.6 Å². The summed E-state index contributed by atoms with van der Waals surface area (Å²) in [6, 6.07) is 0. The maximum absolute atomic E-state index is 5.60. The zero-order valence-electron chi connectivity index (χ0n) is 7.14. The highest BCUT2D eigenvalue weighted by Crippen LogP contribution is 2.37. The molecule has 1 aliphatic rings. The van der Waals surface area contributed by atoms with Crippen molar-refractivity contribution < 1.29 is 0 Å². The molecule has 2 unspecified atom stereocenters. The highest BCUT2D eigenvalue weighted by Gasteiger charge is 2.29. The summed E-state index contributed by atoms with van der Waals surface area (Å²) < 4.78 is 0. The molecule has 0 aromatic rings. The average Bonchev–Trinajstić information content (AvgIpc) is 1.82. The summed E-state index contributed by atoms with van der Waals surface area (Å²) in [4.78, 5) is 0. The molecular formula is C9H19N. The van der Waals surface area contributed by atoms with Gasteiger partial charge in [0.15, 0.2) is 0 Å². The van der Waals surface area contributed by atoms with Crippen LogP contribution in [0.25, 0.3) is 0 Å². The molecule has 1 aliphatic carbocycles. The summed E-state index contributed by atoms with van der Waals surface area (Å²) in [7, 11) is 0. The molecule has 0 aliphatic heterocycles. The molecule has 2 N–H and O–H groups in total. The van der Waals surface area contributed by atoms with Crippen molar-refractivity contribution in [3.05, 3.63) is 0 Å². The lowest BCUT2D eigenvalue weighted by Gasteiger charge is -2.36.